The third-order valence-electron chi connectivity index (χ3n) is 3.50. The molecule has 5 nitrogen and oxygen atoms in total. The first kappa shape index (κ1) is 12.2. The van der Waals surface area contributed by atoms with E-state index in [1.54, 1.807) is 6.33 Å². The first-order valence-corrected chi connectivity index (χ1v) is 6.56. The van der Waals surface area contributed by atoms with Gasteiger partial charge in [0.25, 0.3) is 0 Å². The van der Waals surface area contributed by atoms with Crippen LogP contribution in [0.5, 0.6) is 5.75 Å². The van der Waals surface area contributed by atoms with Gasteiger partial charge in [-0.2, -0.15) is 0 Å². The lowest BCUT2D eigenvalue weighted by molar-refractivity contribution is 0.357. The number of ether oxygens (including phenoxy) is 1. The number of hydrogen-bond donors (Lipinski definition) is 1. The fourth-order valence-electron chi connectivity index (χ4n) is 2.40. The lowest BCUT2D eigenvalue weighted by Gasteiger charge is -2.13. The van der Waals surface area contributed by atoms with Crippen molar-refractivity contribution in [3.05, 3.63) is 41.5 Å². The van der Waals surface area contributed by atoms with Crippen LogP contribution in [-0.2, 0) is 20.0 Å². The van der Waals surface area contributed by atoms with Gasteiger partial charge in [0.1, 0.15) is 17.9 Å². The van der Waals surface area contributed by atoms with E-state index in [2.05, 4.69) is 40.6 Å². The topological polar surface area (TPSA) is 52.0 Å². The standard InChI is InChI=1S/C14H18N4O/c1-10(14-17-16-9-18(14)2)15-8-11-3-4-13-12(7-11)5-6-19-13/h3-4,7,9-10,15H,5-6,8H2,1-2H3. The lowest BCUT2D eigenvalue weighted by atomic mass is 10.1. The van der Waals surface area contributed by atoms with Gasteiger partial charge in [0, 0.05) is 20.0 Å². The summed E-state index contributed by atoms with van der Waals surface area (Å²) < 4.78 is 7.45. The van der Waals surface area contributed by atoms with Gasteiger partial charge >= 0.3 is 0 Å². The van der Waals surface area contributed by atoms with Crippen LogP contribution in [0.1, 0.15) is 29.9 Å². The third kappa shape index (κ3) is 2.46. The Kier molecular flexibility index (Phi) is 3.21. The molecule has 1 aromatic heterocycles. The molecule has 0 fully saturated rings. The Morgan fingerprint density at radius 2 is 2.37 bits per heavy atom. The second-order valence-corrected chi connectivity index (χ2v) is 4.94. The van der Waals surface area contributed by atoms with Gasteiger partial charge in [0.2, 0.25) is 0 Å². The van der Waals surface area contributed by atoms with Gasteiger partial charge in [-0.25, -0.2) is 0 Å². The molecule has 0 radical (unpaired) electrons. The number of aryl methyl sites for hydroxylation is 1. The first-order valence-electron chi connectivity index (χ1n) is 6.56. The molecule has 1 unspecified atom stereocenters. The highest BCUT2D eigenvalue weighted by Gasteiger charge is 2.13. The van der Waals surface area contributed by atoms with Crippen LogP contribution in [-0.4, -0.2) is 21.4 Å². The molecule has 19 heavy (non-hydrogen) atoms. The summed E-state index contributed by atoms with van der Waals surface area (Å²) in [6.45, 7) is 3.73. The van der Waals surface area contributed by atoms with Crippen LogP contribution in [0.3, 0.4) is 0 Å². The Labute approximate surface area is 112 Å². The van der Waals surface area contributed by atoms with Crippen molar-refractivity contribution >= 4 is 0 Å². The average molecular weight is 258 g/mol. The third-order valence-corrected chi connectivity index (χ3v) is 3.50. The number of hydrogen-bond acceptors (Lipinski definition) is 4. The van der Waals surface area contributed by atoms with Crippen LogP contribution in [0.2, 0.25) is 0 Å². The largest absolute Gasteiger partial charge is 0.493 e. The molecule has 0 saturated carbocycles. The fourth-order valence-corrected chi connectivity index (χ4v) is 2.40. The van der Waals surface area contributed by atoms with E-state index in [9.17, 15) is 0 Å². The average Bonchev–Trinajstić information content (AvgIpc) is 3.03. The maximum Gasteiger partial charge on any atom is 0.149 e. The fraction of sp³-hybridized carbons (Fsp3) is 0.429. The second-order valence-electron chi connectivity index (χ2n) is 4.94. The number of nitrogens with one attached hydrogen (secondary N) is 1. The van der Waals surface area contributed by atoms with Gasteiger partial charge in [-0.1, -0.05) is 12.1 Å². The molecular formula is C14H18N4O. The molecule has 3 rings (SSSR count). The maximum absolute atomic E-state index is 5.51. The molecule has 2 heterocycles. The van der Waals surface area contributed by atoms with Crippen molar-refractivity contribution in [1.29, 1.82) is 0 Å². The SMILES string of the molecule is CC(NCc1ccc2c(c1)CCO2)c1nncn1C. The Balaban J connectivity index is 1.65. The summed E-state index contributed by atoms with van der Waals surface area (Å²) in [6.07, 6.45) is 2.74. The quantitative estimate of drug-likeness (QED) is 0.905. The first-order chi connectivity index (χ1) is 9.24. The van der Waals surface area contributed by atoms with E-state index in [0.717, 1.165) is 31.1 Å². The van der Waals surface area contributed by atoms with Gasteiger partial charge in [-0.3, -0.25) is 0 Å². The maximum atomic E-state index is 5.51. The molecule has 0 amide bonds. The molecular weight excluding hydrogens is 240 g/mol. The van der Waals surface area contributed by atoms with Gasteiger partial charge in [0.15, 0.2) is 0 Å². The molecule has 0 saturated heterocycles. The summed E-state index contributed by atoms with van der Waals surface area (Å²) >= 11 is 0. The smallest absolute Gasteiger partial charge is 0.149 e. The molecule has 2 aromatic rings. The van der Waals surface area contributed by atoms with Crippen LogP contribution in [0, 0.1) is 0 Å². The monoisotopic (exact) mass is 258 g/mol. The molecule has 100 valence electrons. The number of fused-ring (bicyclic) bond motifs is 1. The minimum Gasteiger partial charge on any atom is -0.493 e. The van der Waals surface area contributed by atoms with Crippen molar-refractivity contribution in [2.45, 2.75) is 25.9 Å². The van der Waals surface area contributed by atoms with E-state index in [0.29, 0.717) is 0 Å². The van der Waals surface area contributed by atoms with Crippen molar-refractivity contribution in [3.8, 4) is 5.75 Å². The van der Waals surface area contributed by atoms with Crippen molar-refractivity contribution in [2.24, 2.45) is 7.05 Å². The zero-order valence-corrected chi connectivity index (χ0v) is 11.3. The predicted molar refractivity (Wildman–Crippen MR) is 71.9 cm³/mol. The van der Waals surface area contributed by atoms with Gasteiger partial charge in [-0.15, -0.1) is 10.2 Å². The van der Waals surface area contributed by atoms with E-state index in [4.69, 9.17) is 4.74 Å². The van der Waals surface area contributed by atoms with E-state index in [1.807, 2.05) is 11.6 Å². The Bertz CT molecular complexity index is 579. The van der Waals surface area contributed by atoms with Crippen LogP contribution in [0.25, 0.3) is 0 Å². The molecule has 1 N–H and O–H groups in total. The highest BCUT2D eigenvalue weighted by Crippen LogP contribution is 2.26. The molecule has 0 spiro atoms. The molecule has 1 aromatic carbocycles. The minimum absolute atomic E-state index is 0.178. The zero-order valence-electron chi connectivity index (χ0n) is 11.3. The zero-order chi connectivity index (χ0) is 13.2. The van der Waals surface area contributed by atoms with Crippen LogP contribution >= 0.6 is 0 Å². The summed E-state index contributed by atoms with van der Waals surface area (Å²) in [5, 5.41) is 11.5. The van der Waals surface area contributed by atoms with Crippen molar-refractivity contribution < 1.29 is 4.74 Å². The van der Waals surface area contributed by atoms with Gasteiger partial charge in [0.05, 0.1) is 12.6 Å². The second kappa shape index (κ2) is 5.01. The normalized spacial score (nSPS) is 15.1. The summed E-state index contributed by atoms with van der Waals surface area (Å²) in [5.74, 6) is 1.98. The molecule has 0 bridgehead atoms. The number of rotatable bonds is 4. The molecule has 1 atom stereocenters. The summed E-state index contributed by atoms with van der Waals surface area (Å²) in [6, 6.07) is 6.57. The molecule has 1 aliphatic rings. The van der Waals surface area contributed by atoms with Crippen molar-refractivity contribution in [2.75, 3.05) is 6.61 Å². The highest BCUT2D eigenvalue weighted by atomic mass is 16.5. The highest BCUT2D eigenvalue weighted by molar-refractivity contribution is 5.39. The Morgan fingerprint density at radius 1 is 1.47 bits per heavy atom. The predicted octanol–water partition coefficient (Wildman–Crippen LogP) is 1.60. The summed E-state index contributed by atoms with van der Waals surface area (Å²) in [4.78, 5) is 0. The van der Waals surface area contributed by atoms with E-state index in [1.165, 1.54) is 11.1 Å². The Hall–Kier alpha value is -1.88. The van der Waals surface area contributed by atoms with E-state index >= 15 is 0 Å². The molecule has 5 heteroatoms. The molecule has 1 aliphatic heterocycles. The van der Waals surface area contributed by atoms with Crippen LogP contribution in [0.4, 0.5) is 0 Å². The van der Waals surface area contributed by atoms with Crippen LogP contribution < -0.4 is 10.1 Å². The number of aromatic nitrogens is 3. The van der Waals surface area contributed by atoms with Gasteiger partial charge in [-0.05, 0) is 24.1 Å². The van der Waals surface area contributed by atoms with Crippen molar-refractivity contribution in [3.63, 3.8) is 0 Å². The van der Waals surface area contributed by atoms with Crippen molar-refractivity contribution in [1.82, 2.24) is 20.1 Å². The van der Waals surface area contributed by atoms with E-state index in [-0.39, 0.29) is 6.04 Å². The number of nitrogens with zero attached hydrogens (tertiary/aromatic N) is 3. The summed E-state index contributed by atoms with van der Waals surface area (Å²) in [5.41, 5.74) is 2.59. The summed E-state index contributed by atoms with van der Waals surface area (Å²) in [7, 11) is 1.96. The minimum atomic E-state index is 0.178. The lowest BCUT2D eigenvalue weighted by Crippen LogP contribution is -2.21. The Morgan fingerprint density at radius 3 is 3.16 bits per heavy atom. The number of benzene rings is 1. The van der Waals surface area contributed by atoms with Gasteiger partial charge < -0.3 is 14.6 Å². The van der Waals surface area contributed by atoms with E-state index < -0.39 is 0 Å². The molecule has 0 aliphatic carbocycles. The van der Waals surface area contributed by atoms with Crippen LogP contribution in [0.15, 0.2) is 24.5 Å².